The minimum absolute atomic E-state index is 0.0100. The van der Waals surface area contributed by atoms with Crippen molar-refractivity contribution in [1.29, 1.82) is 0 Å². The normalized spacial score (nSPS) is 16.1. The Labute approximate surface area is 228 Å². The van der Waals surface area contributed by atoms with E-state index < -0.39 is 34.3 Å². The minimum atomic E-state index is -3.50. The highest BCUT2D eigenvalue weighted by Gasteiger charge is 2.28. The van der Waals surface area contributed by atoms with Crippen LogP contribution in [0.25, 0.3) is 0 Å². The van der Waals surface area contributed by atoms with Gasteiger partial charge in [0.25, 0.3) is 5.91 Å². The SMILES string of the molecule is [2H]C1([2H])NCCc2c1cc(Cl)c(C(=O)N[C@@H](Cc1cccc(S(C)(=O)=O)c1)C(=O)OCc1ccccc1)c2Cl. The van der Waals surface area contributed by atoms with Crippen LogP contribution < -0.4 is 10.6 Å². The number of amides is 1. The molecule has 0 fully saturated rings. The number of carbonyl (C=O) groups is 2. The number of benzene rings is 3. The minimum Gasteiger partial charge on any atom is -0.459 e. The fraction of sp³-hybridized carbons (Fsp3) is 0.259. The molecule has 4 rings (SSSR count). The predicted molar refractivity (Wildman–Crippen MR) is 143 cm³/mol. The average molecular weight is 563 g/mol. The summed E-state index contributed by atoms with van der Waals surface area (Å²) in [7, 11) is -3.50. The van der Waals surface area contributed by atoms with E-state index in [0.717, 1.165) is 11.8 Å². The second kappa shape index (κ2) is 11.6. The van der Waals surface area contributed by atoms with E-state index >= 15 is 0 Å². The van der Waals surface area contributed by atoms with Crippen LogP contribution in [0.2, 0.25) is 10.0 Å². The fourth-order valence-electron chi connectivity index (χ4n) is 3.96. The van der Waals surface area contributed by atoms with Crippen LogP contribution >= 0.6 is 23.2 Å². The van der Waals surface area contributed by atoms with Crippen molar-refractivity contribution in [2.45, 2.75) is 36.9 Å². The first-order chi connectivity index (χ1) is 18.4. The zero-order chi connectivity index (χ0) is 28.4. The molecule has 37 heavy (non-hydrogen) atoms. The molecule has 0 radical (unpaired) electrons. The van der Waals surface area contributed by atoms with Gasteiger partial charge in [-0.15, -0.1) is 0 Å². The van der Waals surface area contributed by atoms with E-state index in [2.05, 4.69) is 10.6 Å². The van der Waals surface area contributed by atoms with Crippen molar-refractivity contribution in [3.05, 3.63) is 98.5 Å². The van der Waals surface area contributed by atoms with Crippen LogP contribution in [0, 0.1) is 0 Å². The van der Waals surface area contributed by atoms with Gasteiger partial charge >= 0.3 is 5.97 Å². The lowest BCUT2D eigenvalue weighted by Crippen LogP contribution is -2.43. The largest absolute Gasteiger partial charge is 0.459 e. The summed E-state index contributed by atoms with van der Waals surface area (Å²) in [5, 5.41) is 5.33. The number of fused-ring (bicyclic) bond motifs is 1. The maximum absolute atomic E-state index is 13.4. The monoisotopic (exact) mass is 562 g/mol. The van der Waals surface area contributed by atoms with Crippen LogP contribution in [0.4, 0.5) is 0 Å². The summed E-state index contributed by atoms with van der Waals surface area (Å²) in [4.78, 5) is 26.7. The van der Waals surface area contributed by atoms with Gasteiger partial charge in [-0.05, 0) is 53.4 Å². The van der Waals surface area contributed by atoms with Gasteiger partial charge in [0.05, 0.1) is 20.5 Å². The maximum atomic E-state index is 13.4. The molecule has 194 valence electrons. The molecule has 0 unspecified atom stereocenters. The van der Waals surface area contributed by atoms with E-state index in [0.29, 0.717) is 24.1 Å². The molecule has 0 aliphatic carbocycles. The summed E-state index contributed by atoms with van der Waals surface area (Å²) < 4.78 is 45.9. The molecule has 0 saturated carbocycles. The van der Waals surface area contributed by atoms with Gasteiger partial charge in [0.2, 0.25) is 0 Å². The lowest BCUT2D eigenvalue weighted by Gasteiger charge is -2.23. The molecule has 1 heterocycles. The van der Waals surface area contributed by atoms with Crippen molar-refractivity contribution < 1.29 is 25.5 Å². The molecular formula is C27H26Cl2N2O5S. The molecule has 1 amide bonds. The number of sulfone groups is 1. The van der Waals surface area contributed by atoms with Crippen LogP contribution in [0.15, 0.2) is 65.6 Å². The van der Waals surface area contributed by atoms with Crippen LogP contribution in [-0.2, 0) is 45.3 Å². The number of esters is 1. The van der Waals surface area contributed by atoms with Gasteiger partial charge in [-0.3, -0.25) is 4.79 Å². The Morgan fingerprint density at radius 2 is 1.84 bits per heavy atom. The van der Waals surface area contributed by atoms with Crippen molar-refractivity contribution in [3.8, 4) is 0 Å². The van der Waals surface area contributed by atoms with E-state index in [1.807, 2.05) is 6.07 Å². The molecule has 0 spiro atoms. The Balaban J connectivity index is 1.64. The van der Waals surface area contributed by atoms with E-state index in [1.54, 1.807) is 36.4 Å². The lowest BCUT2D eigenvalue weighted by atomic mass is 9.97. The Morgan fingerprint density at radius 1 is 1.11 bits per heavy atom. The van der Waals surface area contributed by atoms with Crippen molar-refractivity contribution in [2.75, 3.05) is 12.8 Å². The first-order valence-electron chi connectivity index (χ1n) is 12.4. The third-order valence-corrected chi connectivity index (χ3v) is 7.68. The highest BCUT2D eigenvalue weighted by Crippen LogP contribution is 2.33. The van der Waals surface area contributed by atoms with E-state index in [4.69, 9.17) is 30.7 Å². The smallest absolute Gasteiger partial charge is 0.329 e. The molecule has 3 aromatic rings. The van der Waals surface area contributed by atoms with Crippen molar-refractivity contribution in [1.82, 2.24) is 10.6 Å². The molecular weight excluding hydrogens is 535 g/mol. The third kappa shape index (κ3) is 6.70. The van der Waals surface area contributed by atoms with Gasteiger partial charge < -0.3 is 15.4 Å². The third-order valence-electron chi connectivity index (χ3n) is 5.85. The van der Waals surface area contributed by atoms with Crippen molar-refractivity contribution in [2.24, 2.45) is 0 Å². The quantitative estimate of drug-likeness (QED) is 0.400. The van der Waals surface area contributed by atoms with E-state index in [-0.39, 0.29) is 39.1 Å². The van der Waals surface area contributed by atoms with Gasteiger partial charge in [0.1, 0.15) is 12.6 Å². The summed E-state index contributed by atoms with van der Waals surface area (Å²) in [6, 6.07) is 15.3. The molecule has 7 nitrogen and oxygen atoms in total. The molecule has 10 heteroatoms. The molecule has 0 saturated heterocycles. The van der Waals surface area contributed by atoms with Crippen LogP contribution in [0.1, 0.15) is 35.4 Å². The highest BCUT2D eigenvalue weighted by atomic mass is 35.5. The average Bonchev–Trinajstić information content (AvgIpc) is 2.88. The number of hydrogen-bond donors (Lipinski definition) is 2. The summed E-state index contributed by atoms with van der Waals surface area (Å²) in [6.07, 6.45) is 1.40. The zero-order valence-electron chi connectivity index (χ0n) is 21.9. The van der Waals surface area contributed by atoms with E-state index in [9.17, 15) is 18.0 Å². The van der Waals surface area contributed by atoms with Gasteiger partial charge in [-0.2, -0.15) is 0 Å². The predicted octanol–water partition coefficient (Wildman–Crippen LogP) is 4.13. The molecule has 3 aromatic carbocycles. The van der Waals surface area contributed by atoms with Crippen molar-refractivity contribution in [3.63, 3.8) is 0 Å². The van der Waals surface area contributed by atoms with Crippen LogP contribution in [0.3, 0.4) is 0 Å². The van der Waals surface area contributed by atoms with Crippen molar-refractivity contribution >= 4 is 44.9 Å². The number of rotatable bonds is 8. The maximum Gasteiger partial charge on any atom is 0.329 e. The Bertz CT molecular complexity index is 1520. The number of halogens is 2. The molecule has 1 aliphatic rings. The fourth-order valence-corrected chi connectivity index (χ4v) is 5.37. The Hall–Kier alpha value is -2.91. The topological polar surface area (TPSA) is 102 Å². The second-order valence-corrected chi connectivity index (χ2v) is 11.4. The second-order valence-electron chi connectivity index (χ2n) is 8.62. The lowest BCUT2D eigenvalue weighted by molar-refractivity contribution is -0.147. The van der Waals surface area contributed by atoms with Crippen LogP contribution in [0.5, 0.6) is 0 Å². The number of nitrogens with one attached hydrogen (secondary N) is 2. The van der Waals surface area contributed by atoms with Gasteiger partial charge in [-0.1, -0.05) is 65.7 Å². The first kappa shape index (κ1) is 24.4. The summed E-state index contributed by atoms with van der Waals surface area (Å²) >= 11 is 13.0. The molecule has 0 aromatic heterocycles. The molecule has 1 atom stereocenters. The summed E-state index contributed by atoms with van der Waals surface area (Å²) in [5.74, 6) is -1.48. The molecule has 1 aliphatic heterocycles. The first-order valence-corrected chi connectivity index (χ1v) is 14.1. The summed E-state index contributed by atoms with van der Waals surface area (Å²) in [5.41, 5.74) is 1.86. The number of ether oxygens (including phenoxy) is 1. The highest BCUT2D eigenvalue weighted by molar-refractivity contribution is 7.90. The van der Waals surface area contributed by atoms with Crippen LogP contribution in [-0.4, -0.2) is 39.1 Å². The number of hydrogen-bond acceptors (Lipinski definition) is 6. The molecule has 0 bridgehead atoms. The van der Waals surface area contributed by atoms with Gasteiger partial charge in [-0.25, -0.2) is 13.2 Å². The Kier molecular flexibility index (Phi) is 7.69. The number of carbonyl (C=O) groups excluding carboxylic acids is 2. The Morgan fingerprint density at radius 3 is 2.57 bits per heavy atom. The zero-order valence-corrected chi connectivity index (χ0v) is 22.2. The van der Waals surface area contributed by atoms with Gasteiger partial charge in [0, 0.05) is 21.9 Å². The van der Waals surface area contributed by atoms with Gasteiger partial charge in [0.15, 0.2) is 9.84 Å². The van der Waals surface area contributed by atoms with E-state index in [1.165, 1.54) is 18.2 Å². The summed E-state index contributed by atoms with van der Waals surface area (Å²) in [6.45, 7) is -1.59. The molecule has 2 N–H and O–H groups in total. The standard InChI is InChI=1S/C27H26Cl2N2O5S/c1-37(34,35)20-9-5-8-18(12-20)13-23(27(33)36-16-17-6-3-2-4-7-17)31-26(32)24-22(28)14-19-15-30-11-10-21(19)25(24)29/h2-9,12,14,23,30H,10-11,13,15-16H2,1H3,(H,31,32)/t23-/m0/s1/i15D2.